The van der Waals surface area contributed by atoms with E-state index in [2.05, 4.69) is 15.3 Å². The van der Waals surface area contributed by atoms with E-state index in [4.69, 9.17) is 4.74 Å². The second-order valence-corrected chi connectivity index (χ2v) is 7.21. The molecule has 0 saturated carbocycles. The maximum Gasteiger partial charge on any atom is 0.226 e. The molecule has 106 valence electrons. The molecule has 6 nitrogen and oxygen atoms in total. The smallest absolute Gasteiger partial charge is 0.226 e. The van der Waals surface area contributed by atoms with E-state index in [1.807, 2.05) is 13.8 Å². The van der Waals surface area contributed by atoms with Crippen LogP contribution in [0.15, 0.2) is 12.3 Å². The van der Waals surface area contributed by atoms with Crippen LogP contribution in [0.1, 0.15) is 26.7 Å². The highest BCUT2D eigenvalue weighted by Crippen LogP contribution is 2.17. The lowest BCUT2D eigenvalue weighted by Crippen LogP contribution is -2.35. The van der Waals surface area contributed by atoms with E-state index in [-0.39, 0.29) is 23.7 Å². The molecular formula is C12H19N3O3S. The van der Waals surface area contributed by atoms with Crippen LogP contribution in [0.2, 0.25) is 0 Å². The van der Waals surface area contributed by atoms with E-state index in [9.17, 15) is 8.42 Å². The van der Waals surface area contributed by atoms with Gasteiger partial charge < -0.3 is 10.1 Å². The zero-order chi connectivity index (χ0) is 13.9. The average molecular weight is 285 g/mol. The molecule has 0 bridgehead atoms. The first-order valence-corrected chi connectivity index (χ1v) is 8.23. The van der Waals surface area contributed by atoms with Gasteiger partial charge in [0.05, 0.1) is 17.6 Å². The van der Waals surface area contributed by atoms with Crippen LogP contribution in [-0.4, -0.2) is 42.0 Å². The van der Waals surface area contributed by atoms with Crippen molar-refractivity contribution in [3.05, 3.63) is 12.3 Å². The van der Waals surface area contributed by atoms with Gasteiger partial charge in [-0.1, -0.05) is 0 Å². The van der Waals surface area contributed by atoms with Gasteiger partial charge in [-0.15, -0.1) is 0 Å². The number of aromatic nitrogens is 2. The molecule has 0 aliphatic carbocycles. The van der Waals surface area contributed by atoms with Gasteiger partial charge in [-0.2, -0.15) is 4.98 Å². The maximum atomic E-state index is 11.6. The molecule has 2 rings (SSSR count). The van der Waals surface area contributed by atoms with Crippen LogP contribution in [-0.2, 0) is 9.84 Å². The number of hydrogen-bond acceptors (Lipinski definition) is 6. The second kappa shape index (κ2) is 5.73. The third-order valence-electron chi connectivity index (χ3n) is 2.78. The van der Waals surface area contributed by atoms with Crippen molar-refractivity contribution in [2.45, 2.75) is 38.8 Å². The summed E-state index contributed by atoms with van der Waals surface area (Å²) in [6.45, 7) is 3.84. The summed E-state index contributed by atoms with van der Waals surface area (Å²) < 4.78 is 28.6. The molecule has 1 unspecified atom stereocenters. The zero-order valence-electron chi connectivity index (χ0n) is 11.2. The van der Waals surface area contributed by atoms with Crippen molar-refractivity contribution in [3.63, 3.8) is 0 Å². The standard InChI is InChI=1S/C12H19N3O3S/c1-9(2)18-11-5-6-13-12(15-11)14-10-4-3-7-19(16,17)8-10/h5-6,9-10H,3-4,7-8H2,1-2H3,(H,13,14,15). The van der Waals surface area contributed by atoms with Gasteiger partial charge in [-0.05, 0) is 26.7 Å². The minimum Gasteiger partial charge on any atom is -0.475 e. The number of nitrogens with zero attached hydrogens (tertiary/aromatic N) is 2. The van der Waals surface area contributed by atoms with Crippen molar-refractivity contribution >= 4 is 15.8 Å². The fourth-order valence-electron chi connectivity index (χ4n) is 2.04. The highest BCUT2D eigenvalue weighted by Gasteiger charge is 2.25. The molecule has 1 atom stereocenters. The Hall–Kier alpha value is -1.37. The highest BCUT2D eigenvalue weighted by molar-refractivity contribution is 7.91. The van der Waals surface area contributed by atoms with Gasteiger partial charge in [0.15, 0.2) is 9.84 Å². The van der Waals surface area contributed by atoms with Gasteiger partial charge in [-0.3, -0.25) is 0 Å². The van der Waals surface area contributed by atoms with Crippen LogP contribution in [0.3, 0.4) is 0 Å². The van der Waals surface area contributed by atoms with E-state index in [0.717, 1.165) is 6.42 Å². The van der Waals surface area contributed by atoms with Gasteiger partial charge in [0, 0.05) is 18.3 Å². The summed E-state index contributed by atoms with van der Waals surface area (Å²) in [6, 6.07) is 1.57. The Morgan fingerprint density at radius 1 is 1.47 bits per heavy atom. The molecular weight excluding hydrogens is 266 g/mol. The van der Waals surface area contributed by atoms with Crippen LogP contribution in [0.25, 0.3) is 0 Å². The predicted octanol–water partition coefficient (Wildman–Crippen LogP) is 1.25. The Labute approximate surface area is 113 Å². The third-order valence-corrected chi connectivity index (χ3v) is 4.60. The van der Waals surface area contributed by atoms with Gasteiger partial charge in [0.25, 0.3) is 0 Å². The Morgan fingerprint density at radius 2 is 2.26 bits per heavy atom. The predicted molar refractivity (Wildman–Crippen MR) is 73.1 cm³/mol. The number of sulfone groups is 1. The summed E-state index contributed by atoms with van der Waals surface area (Å²) >= 11 is 0. The van der Waals surface area contributed by atoms with Crippen molar-refractivity contribution in [1.82, 2.24) is 9.97 Å². The lowest BCUT2D eigenvalue weighted by atomic mass is 10.2. The summed E-state index contributed by atoms with van der Waals surface area (Å²) in [4.78, 5) is 8.31. The van der Waals surface area contributed by atoms with Crippen molar-refractivity contribution in [2.75, 3.05) is 16.8 Å². The molecule has 7 heteroatoms. The normalized spacial score (nSPS) is 22.2. The van der Waals surface area contributed by atoms with Crippen LogP contribution in [0.5, 0.6) is 5.88 Å². The van der Waals surface area contributed by atoms with Crippen molar-refractivity contribution in [1.29, 1.82) is 0 Å². The van der Waals surface area contributed by atoms with Gasteiger partial charge in [0.2, 0.25) is 11.8 Å². The monoisotopic (exact) mass is 285 g/mol. The van der Waals surface area contributed by atoms with E-state index in [1.54, 1.807) is 12.3 Å². The molecule has 1 aromatic rings. The molecule has 1 N–H and O–H groups in total. The topological polar surface area (TPSA) is 81.2 Å². The number of hydrogen-bond donors (Lipinski definition) is 1. The van der Waals surface area contributed by atoms with Crippen LogP contribution >= 0.6 is 0 Å². The average Bonchev–Trinajstić information content (AvgIpc) is 2.26. The molecule has 0 spiro atoms. The van der Waals surface area contributed by atoms with Crippen LogP contribution in [0.4, 0.5) is 5.95 Å². The lowest BCUT2D eigenvalue weighted by Gasteiger charge is -2.23. The summed E-state index contributed by atoms with van der Waals surface area (Å²) in [6.07, 6.45) is 3.14. The fraction of sp³-hybridized carbons (Fsp3) is 0.667. The first-order chi connectivity index (χ1) is 8.94. The maximum absolute atomic E-state index is 11.6. The molecule has 0 radical (unpaired) electrons. The molecule has 1 saturated heterocycles. The SMILES string of the molecule is CC(C)Oc1ccnc(NC2CCCS(=O)(=O)C2)n1. The molecule has 1 aliphatic rings. The Balaban J connectivity index is 2.02. The molecule has 19 heavy (non-hydrogen) atoms. The first-order valence-electron chi connectivity index (χ1n) is 6.41. The summed E-state index contributed by atoms with van der Waals surface area (Å²) in [5.74, 6) is 1.33. The van der Waals surface area contributed by atoms with E-state index < -0.39 is 9.84 Å². The number of nitrogens with one attached hydrogen (secondary N) is 1. The minimum atomic E-state index is -2.93. The van der Waals surface area contributed by atoms with E-state index >= 15 is 0 Å². The minimum absolute atomic E-state index is 0.0396. The third kappa shape index (κ3) is 4.34. The van der Waals surface area contributed by atoms with E-state index in [1.165, 1.54) is 0 Å². The molecule has 0 amide bonds. The van der Waals surface area contributed by atoms with E-state index in [0.29, 0.717) is 18.2 Å². The molecule has 1 aliphatic heterocycles. The second-order valence-electron chi connectivity index (χ2n) is 4.98. The van der Waals surface area contributed by atoms with Crippen LogP contribution < -0.4 is 10.1 Å². The molecule has 2 heterocycles. The van der Waals surface area contributed by atoms with Gasteiger partial charge in [-0.25, -0.2) is 13.4 Å². The van der Waals surface area contributed by atoms with Crippen molar-refractivity contribution in [2.24, 2.45) is 0 Å². The zero-order valence-corrected chi connectivity index (χ0v) is 12.0. The molecule has 1 aromatic heterocycles. The summed E-state index contributed by atoms with van der Waals surface area (Å²) in [5, 5.41) is 3.07. The lowest BCUT2D eigenvalue weighted by molar-refractivity contribution is 0.232. The quantitative estimate of drug-likeness (QED) is 0.896. The Bertz CT molecular complexity index is 531. The number of rotatable bonds is 4. The Kier molecular flexibility index (Phi) is 4.24. The summed E-state index contributed by atoms with van der Waals surface area (Å²) in [5.41, 5.74) is 0. The van der Waals surface area contributed by atoms with Gasteiger partial charge >= 0.3 is 0 Å². The van der Waals surface area contributed by atoms with Gasteiger partial charge in [0.1, 0.15) is 0 Å². The summed E-state index contributed by atoms with van der Waals surface area (Å²) in [7, 11) is -2.93. The van der Waals surface area contributed by atoms with Crippen molar-refractivity contribution < 1.29 is 13.2 Å². The first kappa shape index (κ1) is 14.0. The fourth-order valence-corrected chi connectivity index (χ4v) is 3.67. The van der Waals surface area contributed by atoms with Crippen LogP contribution in [0, 0.1) is 0 Å². The highest BCUT2D eigenvalue weighted by atomic mass is 32.2. The largest absolute Gasteiger partial charge is 0.475 e. The number of anilines is 1. The van der Waals surface area contributed by atoms with Crippen molar-refractivity contribution in [3.8, 4) is 5.88 Å². The molecule has 0 aromatic carbocycles. The number of ether oxygens (including phenoxy) is 1. The Morgan fingerprint density at radius 3 is 2.95 bits per heavy atom. The molecule has 1 fully saturated rings.